The van der Waals surface area contributed by atoms with Crippen LogP contribution in [0.1, 0.15) is 17.3 Å². The van der Waals surface area contributed by atoms with Crippen LogP contribution in [0, 0.1) is 0 Å². The van der Waals surface area contributed by atoms with Gasteiger partial charge in [0, 0.05) is 23.7 Å². The van der Waals surface area contributed by atoms with Gasteiger partial charge in [0.25, 0.3) is 5.91 Å². The van der Waals surface area contributed by atoms with Crippen molar-refractivity contribution in [2.75, 3.05) is 20.2 Å². The molecule has 0 bridgehead atoms. The van der Waals surface area contributed by atoms with Crippen LogP contribution >= 0.6 is 0 Å². The number of carbonyl (C=O) groups excluding carboxylic acids is 1. The molecule has 0 radical (unpaired) electrons. The highest BCUT2D eigenvalue weighted by atomic mass is 19.4. The molecule has 0 saturated carbocycles. The van der Waals surface area contributed by atoms with Crippen molar-refractivity contribution in [2.24, 2.45) is 0 Å². The summed E-state index contributed by atoms with van der Waals surface area (Å²) in [5, 5.41) is 7.82. The molecule has 2 aromatic rings. The Labute approximate surface area is 137 Å². The molecule has 8 heteroatoms. The molecule has 2 rings (SSSR count). The smallest absolute Gasteiger partial charge is 0.406 e. The number of aromatic nitrogens is 2. The quantitative estimate of drug-likeness (QED) is 0.840. The molecule has 24 heavy (non-hydrogen) atoms. The number of halogens is 3. The van der Waals surface area contributed by atoms with Gasteiger partial charge in [-0.15, -0.1) is 10.2 Å². The second kappa shape index (κ2) is 7.29. The van der Waals surface area contributed by atoms with Crippen LogP contribution in [0.2, 0.25) is 0 Å². The van der Waals surface area contributed by atoms with E-state index in [9.17, 15) is 18.0 Å². The van der Waals surface area contributed by atoms with Crippen molar-refractivity contribution in [3.05, 3.63) is 42.0 Å². The van der Waals surface area contributed by atoms with E-state index < -0.39 is 18.6 Å². The lowest BCUT2D eigenvalue weighted by atomic mass is 10.1. The molecular formula is C16H16F3N3O2. The van der Waals surface area contributed by atoms with Crippen molar-refractivity contribution in [1.82, 2.24) is 15.1 Å². The normalized spacial score (nSPS) is 11.2. The Hall–Kier alpha value is -2.64. The lowest BCUT2D eigenvalue weighted by Crippen LogP contribution is -2.38. The number of rotatable bonds is 5. The van der Waals surface area contributed by atoms with Gasteiger partial charge in [-0.25, -0.2) is 0 Å². The van der Waals surface area contributed by atoms with Gasteiger partial charge in [0.15, 0.2) is 0 Å². The van der Waals surface area contributed by atoms with Crippen LogP contribution in [0.3, 0.4) is 0 Å². The summed E-state index contributed by atoms with van der Waals surface area (Å²) in [4.78, 5) is 12.9. The van der Waals surface area contributed by atoms with Crippen LogP contribution in [0.5, 0.6) is 5.88 Å². The molecule has 0 atom stereocenters. The fourth-order valence-electron chi connectivity index (χ4n) is 2.09. The lowest BCUT2D eigenvalue weighted by Gasteiger charge is -2.22. The topological polar surface area (TPSA) is 55.3 Å². The van der Waals surface area contributed by atoms with E-state index in [1.54, 1.807) is 24.3 Å². The summed E-state index contributed by atoms with van der Waals surface area (Å²) in [6, 6.07) is 9.52. The van der Waals surface area contributed by atoms with Crippen molar-refractivity contribution >= 4 is 5.91 Å². The highest BCUT2D eigenvalue weighted by Gasteiger charge is 2.32. The van der Waals surface area contributed by atoms with E-state index in [0.717, 1.165) is 4.90 Å². The molecular weight excluding hydrogens is 323 g/mol. The predicted octanol–water partition coefficient (Wildman–Crippen LogP) is 3.18. The van der Waals surface area contributed by atoms with Crippen LogP contribution in [-0.2, 0) is 0 Å². The van der Waals surface area contributed by atoms with Gasteiger partial charge in [-0.3, -0.25) is 4.79 Å². The largest absolute Gasteiger partial charge is 0.480 e. The van der Waals surface area contributed by atoms with Crippen molar-refractivity contribution in [2.45, 2.75) is 13.1 Å². The maximum atomic E-state index is 12.5. The summed E-state index contributed by atoms with van der Waals surface area (Å²) >= 11 is 0. The summed E-state index contributed by atoms with van der Waals surface area (Å²) < 4.78 is 42.4. The van der Waals surface area contributed by atoms with E-state index in [1.807, 2.05) is 0 Å². The molecule has 0 aliphatic heterocycles. The maximum absolute atomic E-state index is 12.5. The zero-order chi connectivity index (χ0) is 17.7. The van der Waals surface area contributed by atoms with E-state index in [4.69, 9.17) is 4.74 Å². The average molecular weight is 339 g/mol. The van der Waals surface area contributed by atoms with Gasteiger partial charge in [-0.1, -0.05) is 12.1 Å². The van der Waals surface area contributed by atoms with Gasteiger partial charge in [-0.05, 0) is 25.1 Å². The Morgan fingerprint density at radius 2 is 1.79 bits per heavy atom. The average Bonchev–Trinajstić information content (AvgIpc) is 2.58. The summed E-state index contributed by atoms with van der Waals surface area (Å²) in [6.07, 6.45) is -4.43. The Bertz CT molecular complexity index is 685. The maximum Gasteiger partial charge on any atom is 0.406 e. The molecule has 128 valence electrons. The highest BCUT2D eigenvalue weighted by molar-refractivity contribution is 5.94. The molecule has 0 aliphatic carbocycles. The third kappa shape index (κ3) is 4.43. The number of hydrogen-bond acceptors (Lipinski definition) is 4. The number of amides is 1. The zero-order valence-electron chi connectivity index (χ0n) is 13.2. The third-order valence-corrected chi connectivity index (χ3v) is 3.32. The van der Waals surface area contributed by atoms with Gasteiger partial charge >= 0.3 is 6.18 Å². The molecule has 0 spiro atoms. The van der Waals surface area contributed by atoms with E-state index in [-0.39, 0.29) is 12.1 Å². The van der Waals surface area contributed by atoms with Crippen LogP contribution < -0.4 is 4.74 Å². The minimum absolute atomic E-state index is 0.0238. The number of alkyl halides is 3. The zero-order valence-corrected chi connectivity index (χ0v) is 13.2. The number of nitrogens with zero attached hydrogens (tertiary/aromatic N) is 3. The van der Waals surface area contributed by atoms with Crippen LogP contribution in [0.15, 0.2) is 36.4 Å². The molecule has 1 amide bonds. The number of benzene rings is 1. The van der Waals surface area contributed by atoms with Crippen LogP contribution in [0.4, 0.5) is 13.2 Å². The minimum atomic E-state index is -4.43. The number of carbonyl (C=O) groups is 1. The van der Waals surface area contributed by atoms with Gasteiger partial charge in [0.2, 0.25) is 5.88 Å². The number of ether oxygens (including phenoxy) is 1. The van der Waals surface area contributed by atoms with Gasteiger partial charge in [0.1, 0.15) is 6.54 Å². The first-order chi connectivity index (χ1) is 11.3. The van der Waals surface area contributed by atoms with E-state index in [2.05, 4.69) is 10.2 Å². The molecule has 0 unspecified atom stereocenters. The second-order valence-electron chi connectivity index (χ2n) is 4.97. The number of methoxy groups -OCH3 is 1. The molecule has 0 fully saturated rings. The SMILES string of the molecule is CCN(CC(F)(F)F)C(=O)c1ccc(-c2ccc(OC)nn2)cc1. The summed E-state index contributed by atoms with van der Waals surface area (Å²) in [6.45, 7) is 0.211. The fraction of sp³-hybridized carbons (Fsp3) is 0.312. The Morgan fingerprint density at radius 3 is 2.25 bits per heavy atom. The Balaban J connectivity index is 2.16. The summed E-state index contributed by atoms with van der Waals surface area (Å²) in [5.74, 6) is -0.293. The molecule has 0 saturated heterocycles. The second-order valence-corrected chi connectivity index (χ2v) is 4.97. The van der Waals surface area contributed by atoms with Crippen molar-refractivity contribution in [3.63, 3.8) is 0 Å². The predicted molar refractivity (Wildman–Crippen MR) is 81.7 cm³/mol. The first-order valence-corrected chi connectivity index (χ1v) is 7.18. The van der Waals surface area contributed by atoms with E-state index in [1.165, 1.54) is 26.2 Å². The fourth-order valence-corrected chi connectivity index (χ4v) is 2.09. The summed E-state index contributed by atoms with van der Waals surface area (Å²) in [7, 11) is 1.48. The molecule has 5 nitrogen and oxygen atoms in total. The van der Waals surface area contributed by atoms with Gasteiger partial charge in [0.05, 0.1) is 12.8 Å². The van der Waals surface area contributed by atoms with Gasteiger partial charge < -0.3 is 9.64 Å². The minimum Gasteiger partial charge on any atom is -0.480 e. The van der Waals surface area contributed by atoms with Crippen LogP contribution in [-0.4, -0.2) is 47.4 Å². The standard InChI is InChI=1S/C16H16F3N3O2/c1-3-22(10-16(17,18)19)15(23)12-6-4-11(5-7-12)13-8-9-14(24-2)21-20-13/h4-9H,3,10H2,1-2H3. The molecule has 1 aromatic heterocycles. The van der Waals surface area contributed by atoms with E-state index >= 15 is 0 Å². The van der Waals surface area contributed by atoms with Crippen LogP contribution in [0.25, 0.3) is 11.3 Å². The molecule has 0 N–H and O–H groups in total. The Morgan fingerprint density at radius 1 is 1.12 bits per heavy atom. The molecule has 1 aromatic carbocycles. The summed E-state index contributed by atoms with van der Waals surface area (Å²) in [5.41, 5.74) is 1.45. The van der Waals surface area contributed by atoms with E-state index in [0.29, 0.717) is 17.1 Å². The third-order valence-electron chi connectivity index (χ3n) is 3.32. The molecule has 1 heterocycles. The highest BCUT2D eigenvalue weighted by Crippen LogP contribution is 2.21. The lowest BCUT2D eigenvalue weighted by molar-refractivity contribution is -0.140. The van der Waals surface area contributed by atoms with Crippen molar-refractivity contribution < 1.29 is 22.7 Å². The van der Waals surface area contributed by atoms with Crippen molar-refractivity contribution in [1.29, 1.82) is 0 Å². The molecule has 0 aliphatic rings. The Kier molecular flexibility index (Phi) is 5.38. The monoisotopic (exact) mass is 339 g/mol. The first-order valence-electron chi connectivity index (χ1n) is 7.18. The van der Waals surface area contributed by atoms with Gasteiger partial charge in [-0.2, -0.15) is 13.2 Å². The van der Waals surface area contributed by atoms with Crippen molar-refractivity contribution in [3.8, 4) is 17.1 Å². The first kappa shape index (κ1) is 17.7. The number of hydrogen-bond donors (Lipinski definition) is 0.